The lowest BCUT2D eigenvalue weighted by atomic mass is 10.0. The second-order valence-corrected chi connectivity index (χ2v) is 20.7. The molecule has 0 aromatic carbocycles. The number of nitrogens with zero attached hydrogens (tertiary/aromatic N) is 1. The monoisotopic (exact) mass is 944 g/mol. The largest absolute Gasteiger partial charge is 0.472 e. The Morgan fingerprint density at radius 1 is 0.530 bits per heavy atom. The molecule has 8 nitrogen and oxygen atoms in total. The molecule has 9 heteroatoms. The van der Waals surface area contributed by atoms with Gasteiger partial charge in [0.25, 0.3) is 0 Å². The number of phosphoric ester groups is 1. The molecule has 0 saturated carbocycles. The molecule has 0 radical (unpaired) electrons. The van der Waals surface area contributed by atoms with Gasteiger partial charge in [-0.25, -0.2) is 4.57 Å². The average molecular weight is 944 g/mol. The fourth-order valence-electron chi connectivity index (χ4n) is 7.40. The van der Waals surface area contributed by atoms with Crippen molar-refractivity contribution in [1.29, 1.82) is 0 Å². The number of amides is 1. The lowest BCUT2D eigenvalue weighted by Gasteiger charge is -2.25. The maximum Gasteiger partial charge on any atom is 0.472 e. The minimum absolute atomic E-state index is 0.0572. The van der Waals surface area contributed by atoms with E-state index in [-0.39, 0.29) is 19.1 Å². The molecular weight excluding hydrogens is 840 g/mol. The van der Waals surface area contributed by atoms with Crippen LogP contribution in [0.4, 0.5) is 0 Å². The Hall–Kier alpha value is -2.32. The Kier molecular flexibility index (Phi) is 46.1. The Morgan fingerprint density at radius 2 is 0.909 bits per heavy atom. The Bertz CT molecular complexity index is 1350. The number of hydrogen-bond acceptors (Lipinski definition) is 5. The van der Waals surface area contributed by atoms with Gasteiger partial charge in [-0.3, -0.25) is 13.8 Å². The molecule has 3 N–H and O–H groups in total. The molecule has 0 aliphatic rings. The van der Waals surface area contributed by atoms with E-state index in [4.69, 9.17) is 9.05 Å². The number of nitrogens with one attached hydrogen (secondary N) is 1. The van der Waals surface area contributed by atoms with Crippen molar-refractivity contribution >= 4 is 13.7 Å². The molecule has 382 valence electrons. The summed E-state index contributed by atoms with van der Waals surface area (Å²) >= 11 is 0. The van der Waals surface area contributed by atoms with E-state index in [0.717, 1.165) is 83.5 Å². The van der Waals surface area contributed by atoms with E-state index >= 15 is 0 Å². The topological polar surface area (TPSA) is 105 Å². The smallest absolute Gasteiger partial charge is 0.387 e. The first-order valence-corrected chi connectivity index (χ1v) is 28.5. The van der Waals surface area contributed by atoms with Crippen molar-refractivity contribution in [2.45, 2.75) is 231 Å². The number of allylic oxidation sites excluding steroid dienone is 13. The van der Waals surface area contributed by atoms with E-state index in [1.54, 1.807) is 6.08 Å². The number of aliphatic hydroxyl groups is 1. The van der Waals surface area contributed by atoms with Crippen molar-refractivity contribution in [2.75, 3.05) is 40.9 Å². The third kappa shape index (κ3) is 49.6. The van der Waals surface area contributed by atoms with Crippen LogP contribution >= 0.6 is 7.82 Å². The third-order valence-corrected chi connectivity index (χ3v) is 12.6. The lowest BCUT2D eigenvalue weighted by Crippen LogP contribution is -2.45. The quantitative estimate of drug-likeness (QED) is 0.0243. The van der Waals surface area contributed by atoms with Crippen molar-refractivity contribution in [1.82, 2.24) is 5.32 Å². The van der Waals surface area contributed by atoms with Gasteiger partial charge in [-0.1, -0.05) is 227 Å². The van der Waals surface area contributed by atoms with Gasteiger partial charge in [-0.05, 0) is 70.6 Å². The maximum atomic E-state index is 13.0. The maximum absolute atomic E-state index is 13.0. The molecule has 0 aliphatic carbocycles. The Morgan fingerprint density at radius 3 is 1.33 bits per heavy atom. The molecule has 0 fully saturated rings. The van der Waals surface area contributed by atoms with Crippen LogP contribution in [0.5, 0.6) is 0 Å². The summed E-state index contributed by atoms with van der Waals surface area (Å²) in [6.07, 6.45) is 66.6. The molecule has 66 heavy (non-hydrogen) atoms. The van der Waals surface area contributed by atoms with Crippen LogP contribution in [0.3, 0.4) is 0 Å². The van der Waals surface area contributed by atoms with Gasteiger partial charge in [-0.15, -0.1) is 0 Å². The van der Waals surface area contributed by atoms with E-state index in [0.29, 0.717) is 17.4 Å². The fraction of sp³-hybridized carbons (Fsp3) is 0.737. The van der Waals surface area contributed by atoms with Crippen molar-refractivity contribution in [3.63, 3.8) is 0 Å². The van der Waals surface area contributed by atoms with E-state index in [1.807, 2.05) is 27.2 Å². The molecule has 0 aliphatic heterocycles. The normalized spacial score (nSPS) is 14.7. The van der Waals surface area contributed by atoms with Crippen LogP contribution in [0.25, 0.3) is 0 Å². The summed E-state index contributed by atoms with van der Waals surface area (Å²) in [5.41, 5.74) is 0. The zero-order chi connectivity index (χ0) is 48.5. The molecule has 0 saturated heterocycles. The van der Waals surface area contributed by atoms with Crippen molar-refractivity contribution < 1.29 is 32.9 Å². The molecule has 0 spiro atoms. The summed E-state index contributed by atoms with van der Waals surface area (Å²) < 4.78 is 23.7. The summed E-state index contributed by atoms with van der Waals surface area (Å²) in [6.45, 7) is 4.69. The molecule has 3 unspecified atom stereocenters. The molecule has 0 aromatic heterocycles. The summed E-state index contributed by atoms with van der Waals surface area (Å²) in [6, 6.07) is -0.853. The molecule has 0 aromatic rings. The Balaban J connectivity index is 4.23. The second kappa shape index (κ2) is 47.7. The van der Waals surface area contributed by atoms with Crippen LogP contribution in [0, 0.1) is 0 Å². The summed E-state index contributed by atoms with van der Waals surface area (Å²) in [5.74, 6) is -0.185. The number of rotatable bonds is 48. The van der Waals surface area contributed by atoms with E-state index in [2.05, 4.69) is 92.1 Å². The molecular formula is C57H104N2O6P+. The van der Waals surface area contributed by atoms with Crippen molar-refractivity contribution in [3.8, 4) is 0 Å². The van der Waals surface area contributed by atoms with Gasteiger partial charge in [0.05, 0.1) is 39.9 Å². The number of hydrogen-bond donors (Lipinski definition) is 3. The highest BCUT2D eigenvalue weighted by atomic mass is 31.2. The zero-order valence-corrected chi connectivity index (χ0v) is 44.3. The van der Waals surface area contributed by atoms with E-state index in [9.17, 15) is 19.4 Å². The van der Waals surface area contributed by atoms with Gasteiger partial charge < -0.3 is 19.8 Å². The highest BCUT2D eigenvalue weighted by Crippen LogP contribution is 2.43. The summed E-state index contributed by atoms with van der Waals surface area (Å²) in [7, 11) is 1.56. The minimum Gasteiger partial charge on any atom is -0.387 e. The first-order chi connectivity index (χ1) is 32.0. The van der Waals surface area contributed by atoms with Crippen LogP contribution < -0.4 is 5.32 Å². The SMILES string of the molecule is CC/C=C\C/C=C\C/C=C\C/C=C\C/C=C\C/C=C\CCCCCCCCCCCCC(=O)NC(COP(=O)(O)OCC[N+](C)(C)C)C(O)/C=C/CCCCCCCCCCCCCCC. The van der Waals surface area contributed by atoms with Gasteiger partial charge >= 0.3 is 7.82 Å². The summed E-state index contributed by atoms with van der Waals surface area (Å²) in [4.78, 5) is 23.2. The average Bonchev–Trinajstić information content (AvgIpc) is 3.28. The van der Waals surface area contributed by atoms with Gasteiger partial charge in [-0.2, -0.15) is 0 Å². The minimum atomic E-state index is -4.35. The number of quaternary nitrogens is 1. The highest BCUT2D eigenvalue weighted by molar-refractivity contribution is 7.47. The first kappa shape index (κ1) is 63.7. The number of phosphoric acid groups is 1. The van der Waals surface area contributed by atoms with Crippen molar-refractivity contribution in [2.24, 2.45) is 0 Å². The highest BCUT2D eigenvalue weighted by Gasteiger charge is 2.27. The van der Waals surface area contributed by atoms with Gasteiger partial charge in [0.15, 0.2) is 0 Å². The van der Waals surface area contributed by atoms with Gasteiger partial charge in [0, 0.05) is 6.42 Å². The number of carbonyl (C=O) groups excluding carboxylic acids is 1. The summed E-state index contributed by atoms with van der Waals surface area (Å²) in [5, 5.41) is 13.9. The van der Waals surface area contributed by atoms with E-state index < -0.39 is 20.0 Å². The van der Waals surface area contributed by atoms with Crippen LogP contribution in [-0.4, -0.2) is 73.4 Å². The van der Waals surface area contributed by atoms with Crippen LogP contribution in [-0.2, 0) is 18.4 Å². The standard InChI is InChI=1S/C57H103N2O6P/c1-6-8-10-12-14-16-18-20-22-23-24-25-26-27-28-29-30-31-32-33-34-35-37-39-41-43-45-47-49-51-57(61)58-55(54-65-66(62,63)64-53-52-59(3,4)5)56(60)50-48-46-44-42-40-38-36-21-19-17-15-13-11-9-7-2/h8,10,14,16,20,22,24-25,27-28,30-31,48,50,55-56,60H,6-7,9,11-13,15,17-19,21,23,26,29,32-47,49,51-54H2,1-5H3,(H-,58,61,62,63)/p+1/b10-8-,16-14-,22-20-,25-24-,28-27-,31-30-,50-48+. The zero-order valence-electron chi connectivity index (χ0n) is 43.4. The van der Waals surface area contributed by atoms with Gasteiger partial charge in [0.2, 0.25) is 5.91 Å². The lowest BCUT2D eigenvalue weighted by molar-refractivity contribution is -0.870. The second-order valence-electron chi connectivity index (χ2n) is 19.2. The number of carbonyl (C=O) groups is 1. The third-order valence-electron chi connectivity index (χ3n) is 11.6. The van der Waals surface area contributed by atoms with Crippen molar-refractivity contribution in [3.05, 3.63) is 85.1 Å². The predicted octanol–water partition coefficient (Wildman–Crippen LogP) is 16.1. The van der Waals surface area contributed by atoms with Gasteiger partial charge in [0.1, 0.15) is 13.2 Å². The molecule has 0 rings (SSSR count). The molecule has 3 atom stereocenters. The molecule has 0 heterocycles. The van der Waals surface area contributed by atoms with Crippen LogP contribution in [0.1, 0.15) is 219 Å². The molecule has 0 bridgehead atoms. The molecule has 1 amide bonds. The number of likely N-dealkylation sites (N-methyl/N-ethyl adjacent to an activating group) is 1. The van der Waals surface area contributed by atoms with E-state index in [1.165, 1.54) is 116 Å². The van der Waals surface area contributed by atoms with Crippen LogP contribution in [0.2, 0.25) is 0 Å². The number of unbranched alkanes of at least 4 members (excludes halogenated alkanes) is 23. The first-order valence-electron chi connectivity index (χ1n) is 27.0. The number of aliphatic hydroxyl groups excluding tert-OH is 1. The fourth-order valence-corrected chi connectivity index (χ4v) is 8.13. The predicted molar refractivity (Wildman–Crippen MR) is 286 cm³/mol. The Labute approximate surface area is 407 Å². The van der Waals surface area contributed by atoms with Crippen LogP contribution in [0.15, 0.2) is 85.1 Å².